The van der Waals surface area contributed by atoms with Gasteiger partial charge in [-0.2, -0.15) is 11.8 Å². The van der Waals surface area contributed by atoms with Crippen LogP contribution in [-0.2, 0) is 6.42 Å². The van der Waals surface area contributed by atoms with Crippen LogP contribution in [0.1, 0.15) is 18.4 Å². The number of guanidine groups is 1. The molecular formula is C18H31N3O2S. The second-order valence-electron chi connectivity index (χ2n) is 5.53. The SMILES string of the molecule is CN=C(NCCCCSC)N(C)CCc1ccc(OC)c(OC)c1. The van der Waals surface area contributed by atoms with Crippen molar-refractivity contribution in [2.75, 3.05) is 53.4 Å². The van der Waals surface area contributed by atoms with Crippen molar-refractivity contribution in [3.63, 3.8) is 0 Å². The number of nitrogens with zero attached hydrogens (tertiary/aromatic N) is 2. The molecule has 1 aromatic rings. The summed E-state index contributed by atoms with van der Waals surface area (Å²) in [6.45, 7) is 1.86. The molecule has 0 bridgehead atoms. The Hall–Kier alpha value is -1.56. The fourth-order valence-corrected chi connectivity index (χ4v) is 2.89. The van der Waals surface area contributed by atoms with Gasteiger partial charge in [0.1, 0.15) is 0 Å². The van der Waals surface area contributed by atoms with E-state index in [1.807, 2.05) is 30.9 Å². The standard InChI is InChI=1S/C18H31N3O2S/c1-19-18(20-11-6-7-13-24-5)21(2)12-10-15-8-9-16(22-3)17(14-15)23-4/h8-9,14H,6-7,10-13H2,1-5H3,(H,19,20). The molecule has 1 rings (SSSR count). The molecule has 0 saturated heterocycles. The van der Waals surface area contributed by atoms with Gasteiger partial charge in [0, 0.05) is 27.2 Å². The molecule has 136 valence electrons. The maximum Gasteiger partial charge on any atom is 0.193 e. The summed E-state index contributed by atoms with van der Waals surface area (Å²) in [6.07, 6.45) is 5.47. The molecule has 0 aliphatic carbocycles. The summed E-state index contributed by atoms with van der Waals surface area (Å²) in [5, 5.41) is 3.43. The Kier molecular flexibility index (Phi) is 10.2. The van der Waals surface area contributed by atoms with Gasteiger partial charge in [-0.05, 0) is 49.0 Å². The molecule has 0 amide bonds. The van der Waals surface area contributed by atoms with Crippen molar-refractivity contribution < 1.29 is 9.47 Å². The van der Waals surface area contributed by atoms with E-state index in [4.69, 9.17) is 9.47 Å². The highest BCUT2D eigenvalue weighted by atomic mass is 32.2. The number of unbranched alkanes of at least 4 members (excludes halogenated alkanes) is 1. The van der Waals surface area contributed by atoms with Gasteiger partial charge in [-0.15, -0.1) is 0 Å². The average Bonchev–Trinajstić information content (AvgIpc) is 2.62. The van der Waals surface area contributed by atoms with Gasteiger partial charge in [0.2, 0.25) is 0 Å². The van der Waals surface area contributed by atoms with Crippen LogP contribution in [0, 0.1) is 0 Å². The van der Waals surface area contributed by atoms with Crippen LogP contribution in [0.5, 0.6) is 11.5 Å². The summed E-state index contributed by atoms with van der Waals surface area (Å²) in [6, 6.07) is 6.06. The maximum atomic E-state index is 5.36. The first-order valence-electron chi connectivity index (χ1n) is 8.27. The number of aliphatic imine (C=N–C) groups is 1. The summed E-state index contributed by atoms with van der Waals surface area (Å²) in [5.41, 5.74) is 1.22. The summed E-state index contributed by atoms with van der Waals surface area (Å²) in [7, 11) is 7.21. The van der Waals surface area contributed by atoms with Crippen LogP contribution < -0.4 is 14.8 Å². The van der Waals surface area contributed by atoms with E-state index < -0.39 is 0 Å². The van der Waals surface area contributed by atoms with E-state index >= 15 is 0 Å². The number of hydrogen-bond acceptors (Lipinski definition) is 4. The molecule has 0 aliphatic heterocycles. The molecule has 1 N–H and O–H groups in total. The molecule has 1 aromatic carbocycles. The van der Waals surface area contributed by atoms with Crippen LogP contribution >= 0.6 is 11.8 Å². The van der Waals surface area contributed by atoms with Crippen molar-refractivity contribution in [3.05, 3.63) is 23.8 Å². The second kappa shape index (κ2) is 11.9. The summed E-state index contributed by atoms with van der Waals surface area (Å²) < 4.78 is 10.6. The van der Waals surface area contributed by atoms with E-state index in [1.165, 1.54) is 24.2 Å². The van der Waals surface area contributed by atoms with Gasteiger partial charge in [-0.3, -0.25) is 4.99 Å². The van der Waals surface area contributed by atoms with E-state index in [1.54, 1.807) is 14.2 Å². The monoisotopic (exact) mass is 353 g/mol. The van der Waals surface area contributed by atoms with E-state index in [0.717, 1.165) is 37.0 Å². The lowest BCUT2D eigenvalue weighted by Gasteiger charge is -2.22. The van der Waals surface area contributed by atoms with Crippen LogP contribution in [-0.4, -0.2) is 64.3 Å². The Morgan fingerprint density at radius 2 is 1.96 bits per heavy atom. The van der Waals surface area contributed by atoms with E-state index in [2.05, 4.69) is 34.6 Å². The van der Waals surface area contributed by atoms with Gasteiger partial charge in [0.15, 0.2) is 17.5 Å². The van der Waals surface area contributed by atoms with Gasteiger partial charge < -0.3 is 19.7 Å². The van der Waals surface area contributed by atoms with Crippen molar-refractivity contribution in [1.29, 1.82) is 0 Å². The van der Waals surface area contributed by atoms with Gasteiger partial charge in [-0.25, -0.2) is 0 Å². The predicted molar refractivity (Wildman–Crippen MR) is 105 cm³/mol. The van der Waals surface area contributed by atoms with Crippen molar-refractivity contribution in [2.45, 2.75) is 19.3 Å². The van der Waals surface area contributed by atoms with Crippen LogP contribution in [0.2, 0.25) is 0 Å². The zero-order valence-electron chi connectivity index (χ0n) is 15.6. The molecule has 0 radical (unpaired) electrons. The Morgan fingerprint density at radius 3 is 2.58 bits per heavy atom. The van der Waals surface area contributed by atoms with Crippen LogP contribution in [0.3, 0.4) is 0 Å². The van der Waals surface area contributed by atoms with Crippen molar-refractivity contribution in [1.82, 2.24) is 10.2 Å². The molecule has 0 aromatic heterocycles. The maximum absolute atomic E-state index is 5.36. The molecule has 0 heterocycles. The summed E-state index contributed by atoms with van der Waals surface area (Å²) >= 11 is 1.90. The minimum absolute atomic E-state index is 0.761. The Labute approximate surface area is 150 Å². The first-order valence-corrected chi connectivity index (χ1v) is 9.67. The summed E-state index contributed by atoms with van der Waals surface area (Å²) in [5.74, 6) is 3.70. The highest BCUT2D eigenvalue weighted by Crippen LogP contribution is 2.27. The number of thioether (sulfide) groups is 1. The third-order valence-electron chi connectivity index (χ3n) is 3.82. The summed E-state index contributed by atoms with van der Waals surface area (Å²) in [4.78, 5) is 6.52. The lowest BCUT2D eigenvalue weighted by atomic mass is 10.1. The zero-order valence-corrected chi connectivity index (χ0v) is 16.4. The predicted octanol–water partition coefficient (Wildman–Crippen LogP) is 2.90. The number of likely N-dealkylation sites (N-methyl/N-ethyl adjacent to an activating group) is 1. The van der Waals surface area contributed by atoms with Gasteiger partial charge in [0.05, 0.1) is 14.2 Å². The van der Waals surface area contributed by atoms with E-state index in [-0.39, 0.29) is 0 Å². The molecule has 24 heavy (non-hydrogen) atoms. The largest absolute Gasteiger partial charge is 0.493 e. The molecule has 0 fully saturated rings. The molecule has 6 heteroatoms. The Balaban J connectivity index is 2.47. The van der Waals surface area contributed by atoms with Crippen LogP contribution in [0.25, 0.3) is 0 Å². The van der Waals surface area contributed by atoms with Gasteiger partial charge in [-0.1, -0.05) is 6.07 Å². The van der Waals surface area contributed by atoms with Crippen molar-refractivity contribution >= 4 is 17.7 Å². The van der Waals surface area contributed by atoms with E-state index in [0.29, 0.717) is 0 Å². The average molecular weight is 354 g/mol. The van der Waals surface area contributed by atoms with Gasteiger partial charge in [0.25, 0.3) is 0 Å². The quantitative estimate of drug-likeness (QED) is 0.398. The number of benzene rings is 1. The Morgan fingerprint density at radius 1 is 1.21 bits per heavy atom. The van der Waals surface area contributed by atoms with E-state index in [9.17, 15) is 0 Å². The number of rotatable bonds is 10. The molecule has 0 atom stereocenters. The van der Waals surface area contributed by atoms with Crippen molar-refractivity contribution in [3.8, 4) is 11.5 Å². The normalized spacial score (nSPS) is 11.3. The first-order chi connectivity index (χ1) is 11.7. The molecular weight excluding hydrogens is 322 g/mol. The third kappa shape index (κ3) is 6.91. The number of methoxy groups -OCH3 is 2. The molecule has 0 spiro atoms. The van der Waals surface area contributed by atoms with Gasteiger partial charge >= 0.3 is 0 Å². The lowest BCUT2D eigenvalue weighted by molar-refractivity contribution is 0.354. The van der Waals surface area contributed by atoms with Crippen LogP contribution in [0.4, 0.5) is 0 Å². The zero-order chi connectivity index (χ0) is 17.8. The minimum Gasteiger partial charge on any atom is -0.493 e. The Bertz CT molecular complexity index is 509. The molecule has 0 unspecified atom stereocenters. The van der Waals surface area contributed by atoms with Crippen molar-refractivity contribution in [2.24, 2.45) is 4.99 Å². The second-order valence-corrected chi connectivity index (χ2v) is 6.52. The molecule has 0 saturated carbocycles. The number of ether oxygens (including phenoxy) is 2. The fraction of sp³-hybridized carbons (Fsp3) is 0.611. The fourth-order valence-electron chi connectivity index (χ4n) is 2.40. The first kappa shape index (κ1) is 20.5. The lowest BCUT2D eigenvalue weighted by Crippen LogP contribution is -2.40. The highest BCUT2D eigenvalue weighted by Gasteiger charge is 2.08. The number of nitrogens with one attached hydrogen (secondary N) is 1. The van der Waals surface area contributed by atoms with Crippen LogP contribution in [0.15, 0.2) is 23.2 Å². The number of hydrogen-bond donors (Lipinski definition) is 1. The molecule has 0 aliphatic rings. The molecule has 5 nitrogen and oxygen atoms in total. The highest BCUT2D eigenvalue weighted by molar-refractivity contribution is 7.98. The third-order valence-corrected chi connectivity index (χ3v) is 4.51. The smallest absolute Gasteiger partial charge is 0.193 e. The topological polar surface area (TPSA) is 46.1 Å². The minimum atomic E-state index is 0.761.